The van der Waals surface area contributed by atoms with E-state index < -0.39 is 0 Å². The number of carbonyl (C=O) groups excluding carboxylic acids is 1. The summed E-state index contributed by atoms with van der Waals surface area (Å²) in [7, 11) is 1.56. The van der Waals surface area contributed by atoms with Crippen molar-refractivity contribution in [1.29, 1.82) is 0 Å². The number of rotatable bonds is 3. The average Bonchev–Trinajstić information content (AvgIpc) is 2.90. The quantitative estimate of drug-likeness (QED) is 0.673. The third-order valence-electron chi connectivity index (χ3n) is 3.33. The minimum atomic E-state index is -0.0875. The summed E-state index contributed by atoms with van der Waals surface area (Å²) in [6, 6.07) is 13.1. The lowest BCUT2D eigenvalue weighted by Gasteiger charge is -2.07. The second kappa shape index (κ2) is 4.85. The summed E-state index contributed by atoms with van der Waals surface area (Å²) in [6.45, 7) is 1.95. The van der Waals surface area contributed by atoms with E-state index in [0.29, 0.717) is 22.5 Å². The summed E-state index contributed by atoms with van der Waals surface area (Å²) in [6.07, 6.45) is 1.51. The van der Waals surface area contributed by atoms with E-state index in [4.69, 9.17) is 9.15 Å². The zero-order valence-electron chi connectivity index (χ0n) is 11.3. The molecule has 0 saturated heterocycles. The molecule has 0 saturated carbocycles. The van der Waals surface area contributed by atoms with Crippen LogP contribution in [0.4, 0.5) is 0 Å². The number of methoxy groups -OCH3 is 1. The Morgan fingerprint density at radius 3 is 2.70 bits per heavy atom. The van der Waals surface area contributed by atoms with Crippen molar-refractivity contribution in [3.8, 4) is 5.75 Å². The van der Waals surface area contributed by atoms with E-state index in [-0.39, 0.29) is 5.78 Å². The molecule has 0 amide bonds. The van der Waals surface area contributed by atoms with E-state index >= 15 is 0 Å². The molecule has 100 valence electrons. The first-order chi connectivity index (χ1) is 9.70. The van der Waals surface area contributed by atoms with Crippen molar-refractivity contribution in [1.82, 2.24) is 0 Å². The Bertz CT molecular complexity index is 784. The highest BCUT2D eigenvalue weighted by atomic mass is 16.5. The van der Waals surface area contributed by atoms with Gasteiger partial charge in [-0.05, 0) is 25.1 Å². The molecule has 0 radical (unpaired) electrons. The van der Waals surface area contributed by atoms with E-state index in [1.807, 2.05) is 49.4 Å². The van der Waals surface area contributed by atoms with Crippen LogP contribution in [0.15, 0.2) is 53.1 Å². The van der Waals surface area contributed by atoms with Crippen molar-refractivity contribution in [3.05, 3.63) is 65.4 Å². The molecule has 3 rings (SSSR count). The summed E-state index contributed by atoms with van der Waals surface area (Å²) in [4.78, 5) is 12.7. The van der Waals surface area contributed by atoms with Gasteiger partial charge in [0.25, 0.3) is 0 Å². The molecule has 3 nitrogen and oxygen atoms in total. The molecular formula is C17H14O3. The molecule has 3 heteroatoms. The summed E-state index contributed by atoms with van der Waals surface area (Å²) in [5.41, 5.74) is 2.84. The SMILES string of the molecule is COc1ccc(C)cc1C(=O)c1coc2ccccc12. The van der Waals surface area contributed by atoms with Crippen LogP contribution in [-0.4, -0.2) is 12.9 Å². The van der Waals surface area contributed by atoms with E-state index in [2.05, 4.69) is 0 Å². The Hall–Kier alpha value is -2.55. The van der Waals surface area contributed by atoms with Crippen LogP contribution in [0, 0.1) is 6.92 Å². The summed E-state index contributed by atoms with van der Waals surface area (Å²) >= 11 is 0. The monoisotopic (exact) mass is 266 g/mol. The first kappa shape index (κ1) is 12.5. The van der Waals surface area contributed by atoms with Gasteiger partial charge in [0.1, 0.15) is 17.6 Å². The van der Waals surface area contributed by atoms with Gasteiger partial charge in [-0.15, -0.1) is 0 Å². The third kappa shape index (κ3) is 1.97. The Labute approximate surface area is 116 Å². The smallest absolute Gasteiger partial charge is 0.200 e. The molecule has 0 spiro atoms. The van der Waals surface area contributed by atoms with E-state index in [9.17, 15) is 4.79 Å². The predicted octanol–water partition coefficient (Wildman–Crippen LogP) is 3.98. The van der Waals surface area contributed by atoms with Gasteiger partial charge in [0.15, 0.2) is 0 Å². The van der Waals surface area contributed by atoms with Crippen molar-refractivity contribution in [3.63, 3.8) is 0 Å². The highest BCUT2D eigenvalue weighted by Gasteiger charge is 2.19. The lowest BCUT2D eigenvalue weighted by molar-refractivity contribution is 0.103. The summed E-state index contributed by atoms with van der Waals surface area (Å²) in [5, 5.41) is 0.820. The fourth-order valence-corrected chi connectivity index (χ4v) is 2.30. The first-order valence-corrected chi connectivity index (χ1v) is 6.36. The number of ketones is 1. The van der Waals surface area contributed by atoms with Gasteiger partial charge in [0.05, 0.1) is 18.2 Å². The maximum Gasteiger partial charge on any atom is 0.200 e. The Kier molecular flexibility index (Phi) is 3.03. The second-order valence-corrected chi connectivity index (χ2v) is 4.68. The highest BCUT2D eigenvalue weighted by molar-refractivity contribution is 6.17. The van der Waals surface area contributed by atoms with Gasteiger partial charge < -0.3 is 9.15 Å². The molecule has 0 fully saturated rings. The molecule has 0 unspecified atom stereocenters. The Morgan fingerprint density at radius 1 is 1.10 bits per heavy atom. The second-order valence-electron chi connectivity index (χ2n) is 4.68. The van der Waals surface area contributed by atoms with Gasteiger partial charge in [-0.25, -0.2) is 0 Å². The fourth-order valence-electron chi connectivity index (χ4n) is 2.30. The van der Waals surface area contributed by atoms with Gasteiger partial charge >= 0.3 is 0 Å². The lowest BCUT2D eigenvalue weighted by atomic mass is 10.00. The highest BCUT2D eigenvalue weighted by Crippen LogP contribution is 2.27. The molecular weight excluding hydrogens is 252 g/mol. The van der Waals surface area contributed by atoms with Gasteiger partial charge in [-0.1, -0.05) is 29.8 Å². The summed E-state index contributed by atoms with van der Waals surface area (Å²) in [5.74, 6) is 0.487. The number of fused-ring (bicyclic) bond motifs is 1. The zero-order chi connectivity index (χ0) is 14.1. The van der Waals surface area contributed by atoms with Crippen LogP contribution in [0.1, 0.15) is 21.5 Å². The molecule has 3 aromatic rings. The van der Waals surface area contributed by atoms with Crippen molar-refractivity contribution in [2.45, 2.75) is 6.92 Å². The number of hydrogen-bond acceptors (Lipinski definition) is 3. The molecule has 1 aromatic heterocycles. The number of benzene rings is 2. The number of hydrogen-bond donors (Lipinski definition) is 0. The van der Waals surface area contributed by atoms with E-state index in [1.54, 1.807) is 7.11 Å². The van der Waals surface area contributed by atoms with Crippen LogP contribution in [0.5, 0.6) is 5.75 Å². The largest absolute Gasteiger partial charge is 0.496 e. The normalized spacial score (nSPS) is 10.7. The van der Waals surface area contributed by atoms with Gasteiger partial charge in [-0.2, -0.15) is 0 Å². The maximum atomic E-state index is 12.7. The average molecular weight is 266 g/mol. The minimum absolute atomic E-state index is 0.0875. The number of ether oxygens (including phenoxy) is 1. The van der Waals surface area contributed by atoms with Crippen LogP contribution in [0.2, 0.25) is 0 Å². The zero-order valence-corrected chi connectivity index (χ0v) is 11.3. The molecule has 0 aliphatic heterocycles. The van der Waals surface area contributed by atoms with Crippen molar-refractivity contribution in [2.24, 2.45) is 0 Å². The molecule has 2 aromatic carbocycles. The number of carbonyl (C=O) groups is 1. The van der Waals surface area contributed by atoms with Gasteiger partial charge in [-0.3, -0.25) is 4.79 Å². The van der Waals surface area contributed by atoms with Crippen molar-refractivity contribution >= 4 is 16.8 Å². The van der Waals surface area contributed by atoms with Crippen molar-refractivity contribution < 1.29 is 13.9 Å². The first-order valence-electron chi connectivity index (χ1n) is 6.36. The van der Waals surface area contributed by atoms with Crippen LogP contribution in [-0.2, 0) is 0 Å². The topological polar surface area (TPSA) is 39.4 Å². The van der Waals surface area contributed by atoms with Crippen molar-refractivity contribution in [2.75, 3.05) is 7.11 Å². The minimum Gasteiger partial charge on any atom is -0.496 e. The van der Waals surface area contributed by atoms with Gasteiger partial charge in [0, 0.05) is 5.39 Å². The standard InChI is InChI=1S/C17H14O3/c1-11-7-8-15(19-2)13(9-11)17(18)14-10-20-16-6-4-3-5-12(14)16/h3-10H,1-2H3. The maximum absolute atomic E-state index is 12.7. The molecule has 20 heavy (non-hydrogen) atoms. The van der Waals surface area contributed by atoms with E-state index in [1.165, 1.54) is 6.26 Å². The molecule has 0 bridgehead atoms. The third-order valence-corrected chi connectivity index (χ3v) is 3.33. The molecule has 0 atom stereocenters. The lowest BCUT2D eigenvalue weighted by Crippen LogP contribution is -2.03. The molecule has 1 heterocycles. The fraction of sp³-hybridized carbons (Fsp3) is 0.118. The predicted molar refractivity (Wildman–Crippen MR) is 77.4 cm³/mol. The number of para-hydroxylation sites is 1. The Morgan fingerprint density at radius 2 is 1.90 bits per heavy atom. The van der Waals surface area contributed by atoms with Crippen LogP contribution in [0.3, 0.4) is 0 Å². The van der Waals surface area contributed by atoms with E-state index in [0.717, 1.165) is 10.9 Å². The van der Waals surface area contributed by atoms with Crippen LogP contribution in [0.25, 0.3) is 11.0 Å². The molecule has 0 aliphatic rings. The van der Waals surface area contributed by atoms with Crippen LogP contribution >= 0.6 is 0 Å². The van der Waals surface area contributed by atoms with Crippen LogP contribution < -0.4 is 4.74 Å². The number of aryl methyl sites for hydroxylation is 1. The molecule has 0 N–H and O–H groups in total. The molecule has 0 aliphatic carbocycles. The number of furan rings is 1. The van der Waals surface area contributed by atoms with Gasteiger partial charge in [0.2, 0.25) is 5.78 Å². The Balaban J connectivity index is 2.15. The summed E-state index contributed by atoms with van der Waals surface area (Å²) < 4.78 is 10.7.